The second-order valence-corrected chi connectivity index (χ2v) is 7.79. The molecular weight excluding hydrogens is 406 g/mol. The molecule has 1 unspecified atom stereocenters. The average Bonchev–Trinajstić information content (AvgIpc) is 2.75. The van der Waals surface area contributed by atoms with Gasteiger partial charge in [-0.1, -0.05) is 17.7 Å². The molecule has 2 aliphatic rings. The zero-order valence-corrected chi connectivity index (χ0v) is 17.5. The number of amides is 2. The number of hydrogen-bond donors (Lipinski definition) is 1. The molecule has 7 nitrogen and oxygen atoms in total. The van der Waals surface area contributed by atoms with Crippen LogP contribution < -0.4 is 15.0 Å². The van der Waals surface area contributed by atoms with Crippen LogP contribution in [0.25, 0.3) is 0 Å². The number of ether oxygens (including phenoxy) is 2. The van der Waals surface area contributed by atoms with E-state index in [2.05, 4.69) is 10.2 Å². The fraction of sp³-hybridized carbons (Fsp3) is 0.364. The smallest absolute Gasteiger partial charge is 0.267 e. The number of carbonyl (C=O) groups is 2. The molecule has 0 aromatic heterocycles. The maximum atomic E-state index is 12.8. The Bertz CT molecular complexity index is 946. The van der Waals surface area contributed by atoms with Crippen molar-refractivity contribution < 1.29 is 19.1 Å². The monoisotopic (exact) mass is 429 g/mol. The van der Waals surface area contributed by atoms with Crippen molar-refractivity contribution in [1.82, 2.24) is 4.90 Å². The number of anilines is 2. The van der Waals surface area contributed by atoms with Crippen LogP contribution in [-0.2, 0) is 9.53 Å². The van der Waals surface area contributed by atoms with Crippen molar-refractivity contribution in [3.63, 3.8) is 0 Å². The summed E-state index contributed by atoms with van der Waals surface area (Å²) in [6.45, 7) is 6.19. The first-order chi connectivity index (χ1) is 14.5. The number of nitrogens with one attached hydrogen (secondary N) is 1. The fourth-order valence-electron chi connectivity index (χ4n) is 3.61. The Morgan fingerprint density at radius 2 is 1.97 bits per heavy atom. The number of nitrogens with zero attached hydrogens (tertiary/aromatic N) is 2. The van der Waals surface area contributed by atoms with Crippen LogP contribution in [0.4, 0.5) is 11.4 Å². The summed E-state index contributed by atoms with van der Waals surface area (Å²) in [7, 11) is 0. The molecule has 2 amide bonds. The molecule has 2 aliphatic heterocycles. The number of halogens is 1. The topological polar surface area (TPSA) is 71.1 Å². The molecule has 4 rings (SSSR count). The number of morpholine rings is 1. The van der Waals surface area contributed by atoms with E-state index in [0.717, 1.165) is 19.6 Å². The Morgan fingerprint density at radius 1 is 1.17 bits per heavy atom. The van der Waals surface area contributed by atoms with Gasteiger partial charge in [-0.05, 0) is 43.3 Å². The second-order valence-electron chi connectivity index (χ2n) is 7.35. The summed E-state index contributed by atoms with van der Waals surface area (Å²) in [5.74, 6) is 0.271. The van der Waals surface area contributed by atoms with E-state index < -0.39 is 6.10 Å². The molecule has 0 bridgehead atoms. The normalized spacial score (nSPS) is 19.2. The van der Waals surface area contributed by atoms with Crippen LogP contribution in [-0.4, -0.2) is 62.2 Å². The summed E-state index contributed by atoms with van der Waals surface area (Å²) >= 11 is 5.98. The van der Waals surface area contributed by atoms with Crippen molar-refractivity contribution >= 4 is 34.8 Å². The minimum atomic E-state index is -0.547. The van der Waals surface area contributed by atoms with Crippen LogP contribution in [0.1, 0.15) is 17.3 Å². The summed E-state index contributed by atoms with van der Waals surface area (Å²) in [6, 6.07) is 12.1. The zero-order chi connectivity index (χ0) is 21.1. The SMILES string of the molecule is CC1Oc2ccc(NC(=O)c3cccc(Cl)c3)cc2N(CCN2CCOCC2)C1=O. The predicted molar refractivity (Wildman–Crippen MR) is 116 cm³/mol. The molecule has 30 heavy (non-hydrogen) atoms. The number of rotatable bonds is 5. The van der Waals surface area contributed by atoms with E-state index in [1.54, 1.807) is 54.3 Å². The van der Waals surface area contributed by atoms with Gasteiger partial charge in [-0.2, -0.15) is 0 Å². The number of carbonyl (C=O) groups excluding carboxylic acids is 2. The highest BCUT2D eigenvalue weighted by Crippen LogP contribution is 2.36. The van der Waals surface area contributed by atoms with E-state index in [9.17, 15) is 9.59 Å². The second kappa shape index (κ2) is 9.04. The van der Waals surface area contributed by atoms with Crippen molar-refractivity contribution in [2.24, 2.45) is 0 Å². The van der Waals surface area contributed by atoms with E-state index in [1.165, 1.54) is 0 Å². The Balaban J connectivity index is 1.53. The number of fused-ring (bicyclic) bond motifs is 1. The van der Waals surface area contributed by atoms with Crippen molar-refractivity contribution in [3.05, 3.63) is 53.1 Å². The van der Waals surface area contributed by atoms with Gasteiger partial charge in [0.05, 0.1) is 18.9 Å². The Morgan fingerprint density at radius 3 is 2.73 bits per heavy atom. The van der Waals surface area contributed by atoms with Gasteiger partial charge in [0.15, 0.2) is 6.10 Å². The first-order valence-corrected chi connectivity index (χ1v) is 10.4. The largest absolute Gasteiger partial charge is 0.479 e. The summed E-state index contributed by atoms with van der Waals surface area (Å²) in [5, 5.41) is 3.37. The van der Waals surface area contributed by atoms with Crippen LogP contribution >= 0.6 is 11.6 Å². The summed E-state index contributed by atoms with van der Waals surface area (Å²) < 4.78 is 11.2. The van der Waals surface area contributed by atoms with Crippen molar-refractivity contribution in [1.29, 1.82) is 0 Å². The molecule has 0 aliphatic carbocycles. The highest BCUT2D eigenvalue weighted by Gasteiger charge is 2.32. The van der Waals surface area contributed by atoms with Crippen molar-refractivity contribution in [3.8, 4) is 5.75 Å². The third-order valence-electron chi connectivity index (χ3n) is 5.26. The quantitative estimate of drug-likeness (QED) is 0.791. The van der Waals surface area contributed by atoms with Crippen LogP contribution in [0.3, 0.4) is 0 Å². The lowest BCUT2D eigenvalue weighted by Gasteiger charge is -2.35. The van der Waals surface area contributed by atoms with Crippen LogP contribution in [0.2, 0.25) is 5.02 Å². The lowest BCUT2D eigenvalue weighted by molar-refractivity contribution is -0.125. The van der Waals surface area contributed by atoms with Crippen LogP contribution in [0.15, 0.2) is 42.5 Å². The fourth-order valence-corrected chi connectivity index (χ4v) is 3.80. The molecular formula is C22H24ClN3O4. The molecule has 1 N–H and O–H groups in total. The maximum Gasteiger partial charge on any atom is 0.267 e. The highest BCUT2D eigenvalue weighted by atomic mass is 35.5. The average molecular weight is 430 g/mol. The van der Waals surface area contributed by atoms with E-state index in [1.807, 2.05) is 0 Å². The Labute approximate surface area is 180 Å². The van der Waals surface area contributed by atoms with E-state index in [-0.39, 0.29) is 11.8 Å². The summed E-state index contributed by atoms with van der Waals surface area (Å²) in [5.41, 5.74) is 1.71. The molecule has 2 aromatic carbocycles. The van der Waals surface area contributed by atoms with Gasteiger partial charge in [0.2, 0.25) is 0 Å². The van der Waals surface area contributed by atoms with Crippen LogP contribution in [0, 0.1) is 0 Å². The Hall–Kier alpha value is -2.61. The summed E-state index contributed by atoms with van der Waals surface area (Å²) in [6.07, 6.45) is -0.547. The van der Waals surface area contributed by atoms with Gasteiger partial charge < -0.3 is 19.7 Å². The Kier molecular flexibility index (Phi) is 6.22. The third kappa shape index (κ3) is 4.59. The first-order valence-electron chi connectivity index (χ1n) is 10.0. The lowest BCUT2D eigenvalue weighted by atomic mass is 10.1. The molecule has 0 saturated carbocycles. The highest BCUT2D eigenvalue weighted by molar-refractivity contribution is 6.31. The molecule has 1 atom stereocenters. The van der Waals surface area contributed by atoms with Crippen LogP contribution in [0.5, 0.6) is 5.75 Å². The van der Waals surface area contributed by atoms with E-state index in [0.29, 0.717) is 47.5 Å². The van der Waals surface area contributed by atoms with E-state index in [4.69, 9.17) is 21.1 Å². The molecule has 158 valence electrons. The lowest BCUT2D eigenvalue weighted by Crippen LogP contribution is -2.48. The van der Waals surface area contributed by atoms with E-state index >= 15 is 0 Å². The number of benzene rings is 2. The molecule has 2 heterocycles. The summed E-state index contributed by atoms with van der Waals surface area (Å²) in [4.78, 5) is 29.4. The molecule has 0 spiro atoms. The molecule has 1 saturated heterocycles. The van der Waals surface area contributed by atoms with Crippen molar-refractivity contribution in [2.75, 3.05) is 49.6 Å². The molecule has 8 heteroatoms. The van der Waals surface area contributed by atoms with Gasteiger partial charge >= 0.3 is 0 Å². The van der Waals surface area contributed by atoms with Gasteiger partial charge in [-0.25, -0.2) is 0 Å². The minimum absolute atomic E-state index is 0.0888. The van der Waals surface area contributed by atoms with Gasteiger partial charge in [0.25, 0.3) is 11.8 Å². The zero-order valence-electron chi connectivity index (χ0n) is 16.8. The minimum Gasteiger partial charge on any atom is -0.479 e. The molecule has 1 fully saturated rings. The maximum absolute atomic E-state index is 12.8. The molecule has 0 radical (unpaired) electrons. The van der Waals surface area contributed by atoms with Gasteiger partial charge in [0, 0.05) is 42.5 Å². The first kappa shape index (κ1) is 20.7. The van der Waals surface area contributed by atoms with Gasteiger partial charge in [-0.15, -0.1) is 0 Å². The third-order valence-corrected chi connectivity index (χ3v) is 5.49. The number of hydrogen-bond acceptors (Lipinski definition) is 5. The van der Waals surface area contributed by atoms with Gasteiger partial charge in [-0.3, -0.25) is 14.5 Å². The standard InChI is InChI=1S/C22H24ClN3O4/c1-15-22(28)26(8-7-25-9-11-29-12-10-25)19-14-18(5-6-20(19)30-15)24-21(27)16-3-2-4-17(23)13-16/h2-6,13-15H,7-12H2,1H3,(H,24,27). The van der Waals surface area contributed by atoms with Crippen molar-refractivity contribution in [2.45, 2.75) is 13.0 Å². The molecule has 2 aromatic rings. The predicted octanol–water partition coefficient (Wildman–Crippen LogP) is 3.04. The van der Waals surface area contributed by atoms with Gasteiger partial charge in [0.1, 0.15) is 5.75 Å².